The van der Waals surface area contributed by atoms with Gasteiger partial charge in [0.1, 0.15) is 6.34 Å². The Balaban J connectivity index is 1.49. The lowest BCUT2D eigenvalue weighted by molar-refractivity contribution is 0.664. The van der Waals surface area contributed by atoms with Crippen LogP contribution < -0.4 is 0 Å². The van der Waals surface area contributed by atoms with Crippen molar-refractivity contribution in [1.82, 2.24) is 9.13 Å². The molecule has 2 aromatic heterocycles. The maximum absolute atomic E-state index is 4.49. The number of hydrogen-bond acceptors (Lipinski definition) is 1. The Labute approximate surface area is 243 Å². The van der Waals surface area contributed by atoms with Gasteiger partial charge in [0.2, 0.25) is 5.96 Å². The number of rotatable bonds is 2. The van der Waals surface area contributed by atoms with Crippen LogP contribution in [0, 0.1) is 0 Å². The molecule has 0 amide bonds. The molecule has 0 saturated carbocycles. The second-order valence-corrected chi connectivity index (χ2v) is 11.4. The molecule has 0 bridgehead atoms. The third-order valence-corrected chi connectivity index (χ3v) is 8.90. The van der Waals surface area contributed by atoms with Gasteiger partial charge >= 0.3 is 0 Å². The Kier molecular flexibility index (Phi) is 5.16. The van der Waals surface area contributed by atoms with Crippen molar-refractivity contribution in [3.8, 4) is 16.8 Å². The number of fused-ring (bicyclic) bond motifs is 10. The highest BCUT2D eigenvalue weighted by Gasteiger charge is 2.38. The first kappa shape index (κ1) is 24.5. The molecule has 0 spiro atoms. The van der Waals surface area contributed by atoms with Crippen LogP contribution in [0.1, 0.15) is 25.0 Å². The zero-order chi connectivity index (χ0) is 28.6. The van der Waals surface area contributed by atoms with Gasteiger partial charge in [-0.3, -0.25) is 9.56 Å². The molecule has 0 N–H and O–H groups in total. The minimum Gasteiger partial charge on any atom is -0.309 e. The molecule has 0 atom stereocenters. The summed E-state index contributed by atoms with van der Waals surface area (Å²) in [5.74, 6) is 0.494. The molecule has 2 heterocycles. The van der Waals surface area contributed by atoms with Crippen LogP contribution in [0.2, 0.25) is 0 Å². The van der Waals surface area contributed by atoms with Crippen molar-refractivity contribution in [2.75, 3.05) is 7.05 Å². The average Bonchev–Trinajstić information content (AvgIpc) is 3.61. The summed E-state index contributed by atoms with van der Waals surface area (Å²) in [7, 11) is 1.70. The number of hydrogen-bond donors (Lipinski definition) is 0. The summed E-state index contributed by atoms with van der Waals surface area (Å²) in [4.78, 5) is 12.8. The van der Waals surface area contributed by atoms with Gasteiger partial charge in [-0.2, -0.15) is 0 Å². The average molecular weight is 544 g/mol. The van der Waals surface area contributed by atoms with Crippen LogP contribution in [-0.4, -0.2) is 35.2 Å². The first-order chi connectivity index (χ1) is 20.5. The summed E-state index contributed by atoms with van der Waals surface area (Å²) in [6.45, 7) is 8.53. The van der Waals surface area contributed by atoms with Gasteiger partial charge in [0.25, 0.3) is 0 Å². The lowest BCUT2D eigenvalue weighted by atomic mass is 9.81. The van der Waals surface area contributed by atoms with Crippen molar-refractivity contribution in [2.45, 2.75) is 19.3 Å². The smallest absolute Gasteiger partial charge is 0.235 e. The van der Waals surface area contributed by atoms with Crippen molar-refractivity contribution < 1.29 is 0 Å². The van der Waals surface area contributed by atoms with Crippen LogP contribution in [0.4, 0.5) is 0 Å². The summed E-state index contributed by atoms with van der Waals surface area (Å²) in [6.07, 6.45) is 1.51. The molecule has 5 nitrogen and oxygen atoms in total. The molecule has 0 radical (unpaired) electrons. The Bertz CT molecular complexity index is 2310. The van der Waals surface area contributed by atoms with E-state index in [1.165, 1.54) is 50.4 Å². The van der Waals surface area contributed by atoms with Crippen molar-refractivity contribution in [2.24, 2.45) is 15.0 Å². The highest BCUT2D eigenvalue weighted by atomic mass is 15.2. The minimum absolute atomic E-state index is 0.139. The van der Waals surface area contributed by atoms with Crippen LogP contribution >= 0.6 is 0 Å². The largest absolute Gasteiger partial charge is 0.309 e. The van der Waals surface area contributed by atoms with E-state index in [2.05, 4.69) is 142 Å². The maximum atomic E-state index is 4.49. The van der Waals surface area contributed by atoms with Gasteiger partial charge in [-0.05, 0) is 59.3 Å². The predicted octanol–water partition coefficient (Wildman–Crippen LogP) is 8.76. The zero-order valence-corrected chi connectivity index (χ0v) is 23.8. The Morgan fingerprint density at radius 1 is 0.714 bits per heavy atom. The van der Waals surface area contributed by atoms with Crippen molar-refractivity contribution in [3.05, 3.63) is 114 Å². The monoisotopic (exact) mass is 543 g/mol. The fourth-order valence-corrected chi connectivity index (χ4v) is 7.17. The second-order valence-electron chi connectivity index (χ2n) is 11.4. The second kappa shape index (κ2) is 8.85. The Morgan fingerprint density at radius 3 is 2.19 bits per heavy atom. The molecule has 42 heavy (non-hydrogen) atoms. The van der Waals surface area contributed by atoms with Crippen molar-refractivity contribution in [3.63, 3.8) is 0 Å². The van der Waals surface area contributed by atoms with Crippen LogP contribution in [0.5, 0.6) is 0 Å². The fraction of sp³-hybridized carbons (Fsp3) is 0.108. The third kappa shape index (κ3) is 3.16. The van der Waals surface area contributed by atoms with E-state index in [1.807, 2.05) is 6.07 Å². The number of nitrogens with zero attached hydrogens (tertiary/aromatic N) is 5. The van der Waals surface area contributed by atoms with E-state index in [4.69, 9.17) is 0 Å². The molecule has 5 heteroatoms. The van der Waals surface area contributed by atoms with Gasteiger partial charge in [0, 0.05) is 39.7 Å². The van der Waals surface area contributed by atoms with E-state index in [0.29, 0.717) is 5.96 Å². The molecule has 7 aromatic rings. The molecule has 0 fully saturated rings. The van der Waals surface area contributed by atoms with Gasteiger partial charge in [-0.1, -0.05) is 86.6 Å². The quantitative estimate of drug-likeness (QED) is 0.155. The lowest BCUT2D eigenvalue weighted by Gasteiger charge is -2.23. The summed E-state index contributed by atoms with van der Waals surface area (Å²) >= 11 is 0. The van der Waals surface area contributed by atoms with E-state index >= 15 is 0 Å². The number of aromatic nitrogens is 2. The SMILES string of the molecule is C=N/C(=N\C=N/C)n1c2ccccc2c2cc(-n3c4ccccc4c4ccc5c(c43)C(C)(C)c3ccccc3-5)ccc21. The first-order valence-corrected chi connectivity index (χ1v) is 14.2. The van der Waals surface area contributed by atoms with Gasteiger partial charge in [-0.15, -0.1) is 0 Å². The molecular weight excluding hydrogens is 514 g/mol. The summed E-state index contributed by atoms with van der Waals surface area (Å²) in [6, 6.07) is 37.3. The fourth-order valence-electron chi connectivity index (χ4n) is 7.17. The van der Waals surface area contributed by atoms with E-state index < -0.39 is 0 Å². The summed E-state index contributed by atoms with van der Waals surface area (Å²) < 4.78 is 4.53. The van der Waals surface area contributed by atoms with Crippen LogP contribution in [0.15, 0.2) is 118 Å². The molecule has 5 aromatic carbocycles. The summed E-state index contributed by atoms with van der Waals surface area (Å²) in [5, 5.41) is 4.80. The van der Waals surface area contributed by atoms with Crippen LogP contribution in [-0.2, 0) is 5.41 Å². The molecule has 1 aliphatic rings. The number of aliphatic imine (C=N–C) groups is 3. The van der Waals surface area contributed by atoms with Gasteiger partial charge in [0.15, 0.2) is 0 Å². The van der Waals surface area contributed by atoms with E-state index in [-0.39, 0.29) is 5.41 Å². The highest BCUT2D eigenvalue weighted by Crippen LogP contribution is 2.53. The highest BCUT2D eigenvalue weighted by molar-refractivity contribution is 6.17. The number of benzene rings is 5. The van der Waals surface area contributed by atoms with Crippen molar-refractivity contribution >= 4 is 62.6 Å². The molecule has 8 rings (SSSR count). The first-order valence-electron chi connectivity index (χ1n) is 14.2. The Morgan fingerprint density at radius 2 is 1.40 bits per heavy atom. The minimum atomic E-state index is -0.139. The topological polar surface area (TPSA) is 46.9 Å². The van der Waals surface area contributed by atoms with Gasteiger partial charge in [0.05, 0.1) is 22.1 Å². The van der Waals surface area contributed by atoms with E-state index in [0.717, 1.165) is 27.5 Å². The van der Waals surface area contributed by atoms with Crippen LogP contribution in [0.3, 0.4) is 0 Å². The lowest BCUT2D eigenvalue weighted by Crippen LogP contribution is -2.16. The molecule has 0 unspecified atom stereocenters. The third-order valence-electron chi connectivity index (χ3n) is 8.90. The predicted molar refractivity (Wildman–Crippen MR) is 178 cm³/mol. The molecule has 1 aliphatic carbocycles. The van der Waals surface area contributed by atoms with E-state index in [9.17, 15) is 0 Å². The summed E-state index contributed by atoms with van der Waals surface area (Å²) in [5.41, 5.74) is 10.9. The van der Waals surface area contributed by atoms with Crippen LogP contribution in [0.25, 0.3) is 60.4 Å². The number of para-hydroxylation sites is 2. The molecular formula is C37H29N5. The van der Waals surface area contributed by atoms with Gasteiger partial charge in [-0.25, -0.2) is 9.98 Å². The molecule has 0 aliphatic heterocycles. The maximum Gasteiger partial charge on any atom is 0.235 e. The Hall–Kier alpha value is -5.29. The molecule has 0 saturated heterocycles. The molecule has 202 valence electrons. The van der Waals surface area contributed by atoms with E-state index in [1.54, 1.807) is 7.05 Å². The zero-order valence-electron chi connectivity index (χ0n) is 23.8. The standard InChI is InChI=1S/C37H29N5/c1-37(2)30-14-8-5-11-24(30)27-18-19-28-25-12-6-9-15-31(25)41(35(28)34(27)37)23-17-20-33-29(21-23)26-13-7-10-16-32(26)42(33)36(39-4)40-22-38-3/h5-22H,4H2,1-3H3/b38-22-,40-36+. The van der Waals surface area contributed by atoms with Gasteiger partial charge < -0.3 is 4.57 Å². The normalized spacial score (nSPS) is 14.4. The van der Waals surface area contributed by atoms with Crippen molar-refractivity contribution in [1.29, 1.82) is 0 Å².